The fourth-order valence-corrected chi connectivity index (χ4v) is 4.90. The van der Waals surface area contributed by atoms with Crippen molar-refractivity contribution in [3.63, 3.8) is 0 Å². The van der Waals surface area contributed by atoms with Crippen LogP contribution in [0.4, 0.5) is 0 Å². The maximum Gasteiger partial charge on any atom is 0.150 e. The summed E-state index contributed by atoms with van der Waals surface area (Å²) in [5, 5.41) is 19.9. The summed E-state index contributed by atoms with van der Waals surface area (Å²) in [6.45, 7) is -0.551. The number of pyridine rings is 1. The van der Waals surface area contributed by atoms with Crippen molar-refractivity contribution in [2.75, 3.05) is 24.7 Å². The highest BCUT2D eigenvalue weighted by atomic mass is 35.5. The van der Waals surface area contributed by atoms with Crippen molar-refractivity contribution in [1.82, 2.24) is 4.98 Å². The van der Waals surface area contributed by atoms with E-state index < -0.39 is 15.3 Å². The molecule has 1 saturated heterocycles. The molecule has 0 amide bonds. The van der Waals surface area contributed by atoms with Gasteiger partial charge in [-0.05, 0) is 30.4 Å². The number of halogens is 1. The molecule has 1 aliphatic rings. The smallest absolute Gasteiger partial charge is 0.150 e. The first-order valence-corrected chi connectivity index (χ1v) is 8.63. The first-order chi connectivity index (χ1) is 9.42. The normalized spacial score (nSPS) is 22.1. The van der Waals surface area contributed by atoms with E-state index in [1.54, 1.807) is 12.3 Å². The average molecular weight is 320 g/mol. The molecule has 0 bridgehead atoms. The number of aliphatic hydroxyl groups excluding tert-OH is 2. The highest BCUT2D eigenvalue weighted by Gasteiger charge is 2.44. The largest absolute Gasteiger partial charge is 0.396 e. The Morgan fingerprint density at radius 2 is 2.10 bits per heavy atom. The molecule has 2 N–H and O–H groups in total. The standard InChI is InChI=1S/C13H18ClNO4S/c14-12-6-15-3-1-10(12)5-13(8-16,9-17)11-2-4-20(18,19)7-11/h1,3,6,11,16-17H,2,4-5,7-9H2. The third kappa shape index (κ3) is 3.14. The molecule has 112 valence electrons. The van der Waals surface area contributed by atoms with Crippen LogP contribution >= 0.6 is 11.6 Å². The van der Waals surface area contributed by atoms with Crippen LogP contribution in [-0.2, 0) is 16.3 Å². The molecule has 20 heavy (non-hydrogen) atoms. The fourth-order valence-electron chi connectivity index (χ4n) is 2.77. The number of hydrogen-bond donors (Lipinski definition) is 2. The second kappa shape index (κ2) is 5.97. The summed E-state index contributed by atoms with van der Waals surface area (Å²) in [5.74, 6) is -0.132. The number of aliphatic hydroxyl groups is 2. The van der Waals surface area contributed by atoms with Crippen LogP contribution < -0.4 is 0 Å². The van der Waals surface area contributed by atoms with Gasteiger partial charge in [-0.3, -0.25) is 4.98 Å². The average Bonchev–Trinajstić information content (AvgIpc) is 2.79. The van der Waals surface area contributed by atoms with Crippen LogP contribution in [0.2, 0.25) is 5.02 Å². The molecule has 1 aromatic heterocycles. The van der Waals surface area contributed by atoms with Gasteiger partial charge in [0.05, 0.1) is 29.7 Å². The Hall–Kier alpha value is -0.690. The summed E-state index contributed by atoms with van der Waals surface area (Å²) in [4.78, 5) is 3.89. The molecule has 1 atom stereocenters. The quantitative estimate of drug-likeness (QED) is 0.833. The van der Waals surface area contributed by atoms with E-state index in [-0.39, 0.29) is 30.6 Å². The van der Waals surface area contributed by atoms with Gasteiger partial charge in [-0.15, -0.1) is 0 Å². The lowest BCUT2D eigenvalue weighted by Gasteiger charge is -2.35. The number of nitrogens with zero attached hydrogens (tertiary/aromatic N) is 1. The SMILES string of the molecule is O=S1(=O)CCC(C(CO)(CO)Cc2ccncc2Cl)C1. The predicted molar refractivity (Wildman–Crippen MR) is 76.3 cm³/mol. The lowest BCUT2D eigenvalue weighted by Crippen LogP contribution is -2.41. The lowest BCUT2D eigenvalue weighted by molar-refractivity contribution is 0.0124. The molecule has 1 aromatic rings. The maximum atomic E-state index is 11.6. The van der Waals surface area contributed by atoms with Crippen LogP contribution in [0.15, 0.2) is 18.5 Å². The van der Waals surface area contributed by atoms with E-state index in [2.05, 4.69) is 4.98 Å². The van der Waals surface area contributed by atoms with Crippen LogP contribution in [0, 0.1) is 11.3 Å². The number of hydrogen-bond acceptors (Lipinski definition) is 5. The molecular formula is C13H18ClNO4S. The van der Waals surface area contributed by atoms with Crippen LogP contribution in [0.5, 0.6) is 0 Å². The third-order valence-electron chi connectivity index (χ3n) is 4.13. The van der Waals surface area contributed by atoms with Gasteiger partial charge in [0.25, 0.3) is 0 Å². The Morgan fingerprint density at radius 3 is 2.60 bits per heavy atom. The predicted octanol–water partition coefficient (Wildman–Crippen LogP) is 0.683. The molecule has 0 spiro atoms. The van der Waals surface area contributed by atoms with Gasteiger partial charge in [-0.1, -0.05) is 11.6 Å². The van der Waals surface area contributed by atoms with Crippen LogP contribution in [0.1, 0.15) is 12.0 Å². The van der Waals surface area contributed by atoms with Crippen LogP contribution in [0.25, 0.3) is 0 Å². The molecular weight excluding hydrogens is 302 g/mol. The summed E-state index contributed by atoms with van der Waals surface area (Å²) >= 11 is 6.06. The fraction of sp³-hybridized carbons (Fsp3) is 0.615. The molecule has 7 heteroatoms. The van der Waals surface area contributed by atoms with Crippen LogP contribution in [0.3, 0.4) is 0 Å². The van der Waals surface area contributed by atoms with Crippen molar-refractivity contribution in [3.8, 4) is 0 Å². The first kappa shape index (κ1) is 15.7. The number of rotatable bonds is 5. The molecule has 0 aliphatic carbocycles. The number of sulfone groups is 1. The third-order valence-corrected chi connectivity index (χ3v) is 6.24. The van der Waals surface area contributed by atoms with Gasteiger partial charge in [0.15, 0.2) is 9.84 Å². The molecule has 0 saturated carbocycles. The number of aromatic nitrogens is 1. The minimum absolute atomic E-state index is 0.0107. The molecule has 5 nitrogen and oxygen atoms in total. The first-order valence-electron chi connectivity index (χ1n) is 6.43. The van der Waals surface area contributed by atoms with Crippen LogP contribution in [-0.4, -0.2) is 48.3 Å². The highest BCUT2D eigenvalue weighted by molar-refractivity contribution is 7.91. The zero-order valence-electron chi connectivity index (χ0n) is 11.0. The Bertz CT molecular complexity index is 571. The topological polar surface area (TPSA) is 87.5 Å². The van der Waals surface area contributed by atoms with Gasteiger partial charge in [0, 0.05) is 17.8 Å². The summed E-state index contributed by atoms with van der Waals surface area (Å²) in [5.41, 5.74) is -0.108. The van der Waals surface area contributed by atoms with Gasteiger partial charge in [-0.2, -0.15) is 0 Å². The molecule has 0 radical (unpaired) electrons. The van der Waals surface area contributed by atoms with Crippen molar-refractivity contribution >= 4 is 21.4 Å². The Morgan fingerprint density at radius 1 is 1.40 bits per heavy atom. The van der Waals surface area contributed by atoms with E-state index in [0.29, 0.717) is 17.9 Å². The summed E-state index contributed by atoms with van der Waals surface area (Å²) < 4.78 is 23.3. The summed E-state index contributed by atoms with van der Waals surface area (Å²) in [7, 11) is -3.07. The van der Waals surface area contributed by atoms with Gasteiger partial charge >= 0.3 is 0 Å². The van der Waals surface area contributed by atoms with E-state index in [9.17, 15) is 18.6 Å². The molecule has 0 aromatic carbocycles. The Labute approximate surface area is 123 Å². The minimum atomic E-state index is -3.07. The van der Waals surface area contributed by atoms with Gasteiger partial charge in [-0.25, -0.2) is 8.42 Å². The van der Waals surface area contributed by atoms with E-state index >= 15 is 0 Å². The lowest BCUT2D eigenvalue weighted by atomic mass is 9.72. The Balaban J connectivity index is 2.29. The van der Waals surface area contributed by atoms with Crippen molar-refractivity contribution in [2.24, 2.45) is 11.3 Å². The van der Waals surface area contributed by atoms with Crippen molar-refractivity contribution in [1.29, 1.82) is 0 Å². The van der Waals surface area contributed by atoms with Gasteiger partial charge in [0.1, 0.15) is 0 Å². The molecule has 1 fully saturated rings. The molecule has 2 rings (SSSR count). The van der Waals surface area contributed by atoms with Gasteiger partial charge in [0.2, 0.25) is 0 Å². The maximum absolute atomic E-state index is 11.6. The Kier molecular flexibility index (Phi) is 4.69. The van der Waals surface area contributed by atoms with Crippen molar-refractivity contribution in [2.45, 2.75) is 12.8 Å². The zero-order valence-corrected chi connectivity index (χ0v) is 12.6. The molecule has 1 aliphatic heterocycles. The van der Waals surface area contributed by atoms with E-state index in [4.69, 9.17) is 11.6 Å². The zero-order chi connectivity index (χ0) is 14.8. The second-order valence-corrected chi connectivity index (χ2v) is 8.06. The van der Waals surface area contributed by atoms with E-state index in [0.717, 1.165) is 5.56 Å². The minimum Gasteiger partial charge on any atom is -0.396 e. The molecule has 2 heterocycles. The summed E-state index contributed by atoms with van der Waals surface area (Å²) in [6, 6.07) is 1.73. The summed E-state index contributed by atoms with van der Waals surface area (Å²) in [6.07, 6.45) is 3.89. The highest BCUT2D eigenvalue weighted by Crippen LogP contribution is 2.39. The van der Waals surface area contributed by atoms with Crippen molar-refractivity contribution in [3.05, 3.63) is 29.0 Å². The molecule has 1 unspecified atom stereocenters. The monoisotopic (exact) mass is 319 g/mol. The van der Waals surface area contributed by atoms with Gasteiger partial charge < -0.3 is 10.2 Å². The second-order valence-electron chi connectivity index (χ2n) is 5.42. The van der Waals surface area contributed by atoms with E-state index in [1.165, 1.54) is 6.20 Å². The van der Waals surface area contributed by atoms with Crippen molar-refractivity contribution < 1.29 is 18.6 Å². The van der Waals surface area contributed by atoms with E-state index in [1.807, 2.05) is 0 Å².